The molecule has 104 valence electrons. The smallest absolute Gasteiger partial charge is 0.326 e. The highest BCUT2D eigenvalue weighted by molar-refractivity contribution is 5.92. The summed E-state index contributed by atoms with van der Waals surface area (Å²) in [5.41, 5.74) is -2.30. The summed E-state index contributed by atoms with van der Waals surface area (Å²) in [5, 5.41) is 12.1. The molecule has 0 atom stereocenters. The van der Waals surface area contributed by atoms with E-state index in [-0.39, 0.29) is 12.3 Å². The summed E-state index contributed by atoms with van der Waals surface area (Å²) in [4.78, 5) is 38.4. The molecule has 4 N–H and O–H groups in total. The number of hydrogen-bond acceptors (Lipinski definition) is 5. The van der Waals surface area contributed by atoms with Gasteiger partial charge in [0.25, 0.3) is 11.5 Å². The summed E-state index contributed by atoms with van der Waals surface area (Å²) in [6, 6.07) is 1.00. The second-order valence-electron chi connectivity index (χ2n) is 4.51. The van der Waals surface area contributed by atoms with E-state index in [1.807, 2.05) is 4.98 Å². The fraction of sp³-hybridized carbons (Fsp3) is 0.545. The Kier molecular flexibility index (Phi) is 3.82. The maximum absolute atomic E-state index is 12.0. The maximum atomic E-state index is 12.0. The minimum absolute atomic E-state index is 0.131. The third-order valence-corrected chi connectivity index (χ3v) is 3.14. The molecular weight excluding hydrogens is 254 g/mol. The van der Waals surface area contributed by atoms with Gasteiger partial charge in [-0.1, -0.05) is 0 Å². The summed E-state index contributed by atoms with van der Waals surface area (Å²) in [6.45, 7) is 0.648. The van der Waals surface area contributed by atoms with Gasteiger partial charge < -0.3 is 20.1 Å². The Labute approximate surface area is 107 Å². The first-order valence-electron chi connectivity index (χ1n) is 5.89. The van der Waals surface area contributed by atoms with Crippen molar-refractivity contribution in [1.29, 1.82) is 0 Å². The van der Waals surface area contributed by atoms with Gasteiger partial charge in [-0.25, -0.2) is 4.79 Å². The zero-order chi connectivity index (χ0) is 13.9. The summed E-state index contributed by atoms with van der Waals surface area (Å²) >= 11 is 0. The fourth-order valence-electron chi connectivity index (χ4n) is 1.98. The van der Waals surface area contributed by atoms with Gasteiger partial charge >= 0.3 is 5.69 Å². The average Bonchev–Trinajstić information content (AvgIpc) is 2.38. The maximum Gasteiger partial charge on any atom is 0.326 e. The minimum atomic E-state index is -0.769. The van der Waals surface area contributed by atoms with Gasteiger partial charge in [0, 0.05) is 19.3 Å². The summed E-state index contributed by atoms with van der Waals surface area (Å²) < 4.78 is 5.18. The number of aromatic nitrogens is 2. The Morgan fingerprint density at radius 1 is 1.37 bits per heavy atom. The molecule has 2 heterocycles. The van der Waals surface area contributed by atoms with Crippen molar-refractivity contribution >= 4 is 5.91 Å². The normalized spacial score (nSPS) is 17.9. The van der Waals surface area contributed by atoms with E-state index >= 15 is 0 Å². The lowest BCUT2D eigenvalue weighted by atomic mass is 9.91. The number of aliphatic hydroxyl groups is 1. The van der Waals surface area contributed by atoms with E-state index in [0.29, 0.717) is 26.1 Å². The zero-order valence-electron chi connectivity index (χ0n) is 10.2. The van der Waals surface area contributed by atoms with E-state index in [9.17, 15) is 19.5 Å². The van der Waals surface area contributed by atoms with Crippen LogP contribution in [-0.4, -0.2) is 46.3 Å². The first-order chi connectivity index (χ1) is 9.04. The van der Waals surface area contributed by atoms with Crippen LogP contribution >= 0.6 is 0 Å². The Hall–Kier alpha value is -1.93. The Bertz CT molecular complexity index is 542. The largest absolute Gasteiger partial charge is 0.394 e. The van der Waals surface area contributed by atoms with Crippen molar-refractivity contribution in [2.75, 3.05) is 19.8 Å². The number of nitrogens with one attached hydrogen (secondary N) is 3. The molecule has 8 heteroatoms. The molecule has 19 heavy (non-hydrogen) atoms. The third-order valence-electron chi connectivity index (χ3n) is 3.14. The van der Waals surface area contributed by atoms with Gasteiger partial charge in [0.15, 0.2) is 0 Å². The standard InChI is InChI=1S/C11H15N3O5/c15-6-11(1-3-19-4-2-11)14-9(17)7-5-8(16)13-10(18)12-7/h5,15H,1-4,6H2,(H,14,17)(H2,12,13,16,18). The number of carbonyl (C=O) groups is 1. The first-order valence-corrected chi connectivity index (χ1v) is 5.89. The molecule has 8 nitrogen and oxygen atoms in total. The molecule has 1 aromatic rings. The molecule has 1 aliphatic heterocycles. The second-order valence-corrected chi connectivity index (χ2v) is 4.51. The lowest BCUT2D eigenvalue weighted by Crippen LogP contribution is -2.55. The van der Waals surface area contributed by atoms with Gasteiger partial charge in [0.1, 0.15) is 5.69 Å². The Balaban J connectivity index is 2.19. The van der Waals surface area contributed by atoms with Crippen molar-refractivity contribution in [2.45, 2.75) is 18.4 Å². The number of aliphatic hydroxyl groups excluding tert-OH is 1. The highest BCUT2D eigenvalue weighted by Gasteiger charge is 2.34. The van der Waals surface area contributed by atoms with Gasteiger partial charge in [0.05, 0.1) is 12.1 Å². The van der Waals surface area contributed by atoms with Crippen LogP contribution in [0.25, 0.3) is 0 Å². The van der Waals surface area contributed by atoms with Gasteiger partial charge in [-0.2, -0.15) is 0 Å². The van der Waals surface area contributed by atoms with E-state index in [2.05, 4.69) is 10.3 Å². The predicted molar refractivity (Wildman–Crippen MR) is 65.0 cm³/mol. The van der Waals surface area contributed by atoms with Crippen LogP contribution in [-0.2, 0) is 4.74 Å². The monoisotopic (exact) mass is 269 g/mol. The predicted octanol–water partition coefficient (Wildman–Crippen LogP) is -1.67. The molecule has 0 bridgehead atoms. The van der Waals surface area contributed by atoms with Crippen molar-refractivity contribution in [3.8, 4) is 0 Å². The molecule has 1 amide bonds. The summed E-state index contributed by atoms with van der Waals surface area (Å²) in [5.74, 6) is -0.598. The molecule has 0 unspecified atom stereocenters. The molecule has 0 saturated carbocycles. The zero-order valence-corrected chi connectivity index (χ0v) is 10.2. The van der Waals surface area contributed by atoms with Crippen LogP contribution in [0.4, 0.5) is 0 Å². The van der Waals surface area contributed by atoms with Crippen LogP contribution in [0.5, 0.6) is 0 Å². The fourth-order valence-corrected chi connectivity index (χ4v) is 1.98. The van der Waals surface area contributed by atoms with Crippen LogP contribution in [0.2, 0.25) is 0 Å². The van der Waals surface area contributed by atoms with Gasteiger partial charge in [-0.3, -0.25) is 14.6 Å². The summed E-state index contributed by atoms with van der Waals surface area (Å²) in [6.07, 6.45) is 0.950. The highest BCUT2D eigenvalue weighted by atomic mass is 16.5. The number of aromatic amines is 2. The lowest BCUT2D eigenvalue weighted by molar-refractivity contribution is 0.0124. The number of rotatable bonds is 3. The van der Waals surface area contributed by atoms with Crippen LogP contribution in [0.15, 0.2) is 15.7 Å². The Morgan fingerprint density at radius 2 is 2.05 bits per heavy atom. The molecule has 1 aliphatic rings. The van der Waals surface area contributed by atoms with E-state index in [1.165, 1.54) is 0 Å². The lowest BCUT2D eigenvalue weighted by Gasteiger charge is -2.36. The minimum Gasteiger partial charge on any atom is -0.394 e. The molecule has 2 rings (SSSR count). The first kappa shape index (κ1) is 13.5. The van der Waals surface area contributed by atoms with Crippen molar-refractivity contribution < 1.29 is 14.6 Å². The van der Waals surface area contributed by atoms with Gasteiger partial charge in [-0.05, 0) is 12.8 Å². The van der Waals surface area contributed by atoms with Crippen molar-refractivity contribution in [2.24, 2.45) is 0 Å². The quantitative estimate of drug-likeness (QED) is 0.522. The molecule has 0 spiro atoms. The van der Waals surface area contributed by atoms with Gasteiger partial charge in [0.2, 0.25) is 0 Å². The van der Waals surface area contributed by atoms with E-state index in [0.717, 1.165) is 6.07 Å². The number of H-pyrrole nitrogens is 2. The number of carbonyl (C=O) groups excluding carboxylic acids is 1. The van der Waals surface area contributed by atoms with Crippen LogP contribution in [0.3, 0.4) is 0 Å². The Morgan fingerprint density at radius 3 is 2.63 bits per heavy atom. The van der Waals surface area contributed by atoms with Crippen molar-refractivity contribution in [3.05, 3.63) is 32.6 Å². The molecule has 1 saturated heterocycles. The van der Waals surface area contributed by atoms with E-state index in [1.54, 1.807) is 0 Å². The summed E-state index contributed by atoms with van der Waals surface area (Å²) in [7, 11) is 0. The van der Waals surface area contributed by atoms with E-state index < -0.39 is 22.7 Å². The molecule has 0 radical (unpaired) electrons. The SMILES string of the molecule is O=C(NC1(CO)CCOCC1)c1cc(=O)[nH]c(=O)[nH]1. The highest BCUT2D eigenvalue weighted by Crippen LogP contribution is 2.20. The van der Waals surface area contributed by atoms with Crippen molar-refractivity contribution in [1.82, 2.24) is 15.3 Å². The van der Waals surface area contributed by atoms with Crippen LogP contribution in [0, 0.1) is 0 Å². The third kappa shape index (κ3) is 3.09. The number of hydrogen-bond donors (Lipinski definition) is 4. The molecule has 1 aromatic heterocycles. The molecule has 0 aromatic carbocycles. The van der Waals surface area contributed by atoms with Crippen LogP contribution in [0.1, 0.15) is 23.3 Å². The average molecular weight is 269 g/mol. The topological polar surface area (TPSA) is 124 Å². The number of ether oxygens (including phenoxy) is 1. The van der Waals surface area contributed by atoms with Crippen molar-refractivity contribution in [3.63, 3.8) is 0 Å². The van der Waals surface area contributed by atoms with Crippen LogP contribution < -0.4 is 16.6 Å². The van der Waals surface area contributed by atoms with E-state index in [4.69, 9.17) is 4.74 Å². The number of amides is 1. The second kappa shape index (κ2) is 5.37. The van der Waals surface area contributed by atoms with Gasteiger partial charge in [-0.15, -0.1) is 0 Å². The molecular formula is C11H15N3O5. The molecule has 0 aliphatic carbocycles. The molecule has 1 fully saturated rings.